The third-order valence-electron chi connectivity index (χ3n) is 7.67. The maximum atomic E-state index is 13.3. The number of pyridine rings is 1. The van der Waals surface area contributed by atoms with Gasteiger partial charge in [-0.25, -0.2) is 0 Å². The van der Waals surface area contributed by atoms with Gasteiger partial charge in [-0.15, -0.1) is 0 Å². The van der Waals surface area contributed by atoms with Crippen LogP contribution in [0.25, 0.3) is 6.08 Å². The summed E-state index contributed by atoms with van der Waals surface area (Å²) in [4.78, 5) is 41.4. The van der Waals surface area contributed by atoms with Crippen LogP contribution >= 0.6 is 24.0 Å². The van der Waals surface area contributed by atoms with E-state index in [4.69, 9.17) is 17.3 Å². The first-order valence-corrected chi connectivity index (χ1v) is 14.8. The van der Waals surface area contributed by atoms with Crippen molar-refractivity contribution in [2.75, 3.05) is 24.5 Å². The number of carbonyl (C=O) groups excluding carboxylic acids is 1. The summed E-state index contributed by atoms with van der Waals surface area (Å²) in [5, 5.41) is 18.6. The molecule has 0 unspecified atom stereocenters. The molecule has 210 valence electrons. The number of aliphatic carboxylic acids is 1. The first-order chi connectivity index (χ1) is 19.2. The average molecular weight is 579 g/mol. The van der Waals surface area contributed by atoms with Crippen LogP contribution in [0.2, 0.25) is 0 Å². The minimum absolute atomic E-state index is 0.0744. The number of thioether (sulfide) groups is 1. The van der Waals surface area contributed by atoms with E-state index in [2.05, 4.69) is 35.2 Å². The van der Waals surface area contributed by atoms with Gasteiger partial charge in [0, 0.05) is 38.7 Å². The second-order valence-corrected chi connectivity index (χ2v) is 12.0. The normalized spacial score (nSPS) is 17.1. The molecule has 2 saturated heterocycles. The van der Waals surface area contributed by atoms with Gasteiger partial charge in [-0.2, -0.15) is 5.26 Å². The van der Waals surface area contributed by atoms with Crippen molar-refractivity contribution in [2.45, 2.75) is 51.9 Å². The van der Waals surface area contributed by atoms with Crippen LogP contribution in [0.4, 0.5) is 5.82 Å². The van der Waals surface area contributed by atoms with Gasteiger partial charge in [0.2, 0.25) is 0 Å². The number of unbranched alkanes of at least 4 members (excludes halogenated alkanes) is 2. The molecule has 40 heavy (non-hydrogen) atoms. The van der Waals surface area contributed by atoms with Crippen LogP contribution in [0, 0.1) is 24.2 Å². The molecule has 0 aliphatic carbocycles. The Morgan fingerprint density at radius 1 is 1.18 bits per heavy atom. The number of piperidine rings is 1. The van der Waals surface area contributed by atoms with Gasteiger partial charge in [0.25, 0.3) is 11.5 Å². The van der Waals surface area contributed by atoms with E-state index in [9.17, 15) is 19.6 Å². The lowest BCUT2D eigenvalue weighted by molar-refractivity contribution is -0.137. The number of anilines is 1. The Labute approximate surface area is 244 Å². The largest absolute Gasteiger partial charge is 0.481 e. The minimum atomic E-state index is -0.825. The van der Waals surface area contributed by atoms with Crippen molar-refractivity contribution in [1.82, 2.24) is 9.47 Å². The minimum Gasteiger partial charge on any atom is -0.481 e. The fourth-order valence-corrected chi connectivity index (χ4v) is 6.73. The molecule has 1 aromatic heterocycles. The van der Waals surface area contributed by atoms with Crippen LogP contribution in [-0.4, -0.2) is 50.4 Å². The second-order valence-electron chi connectivity index (χ2n) is 10.4. The van der Waals surface area contributed by atoms with E-state index in [0.717, 1.165) is 38.2 Å². The number of thiocarbonyl (C=S) groups is 1. The van der Waals surface area contributed by atoms with Crippen LogP contribution in [0.5, 0.6) is 0 Å². The monoisotopic (exact) mass is 578 g/mol. The number of amides is 1. The molecule has 1 amide bonds. The van der Waals surface area contributed by atoms with E-state index in [1.54, 1.807) is 24.9 Å². The molecule has 2 aliphatic heterocycles. The zero-order chi connectivity index (χ0) is 28.8. The van der Waals surface area contributed by atoms with E-state index in [1.807, 2.05) is 6.07 Å². The van der Waals surface area contributed by atoms with Gasteiger partial charge in [-0.1, -0.05) is 60.7 Å². The molecule has 0 radical (unpaired) electrons. The van der Waals surface area contributed by atoms with Crippen molar-refractivity contribution in [3.63, 3.8) is 0 Å². The van der Waals surface area contributed by atoms with Crippen molar-refractivity contribution in [3.05, 3.63) is 67.8 Å². The molecular weight excluding hydrogens is 544 g/mol. The first kappa shape index (κ1) is 29.6. The van der Waals surface area contributed by atoms with Gasteiger partial charge in [0.05, 0.1) is 4.91 Å². The summed E-state index contributed by atoms with van der Waals surface area (Å²) in [5.41, 5.74) is 2.32. The molecule has 1 aromatic carbocycles. The predicted molar refractivity (Wildman–Crippen MR) is 162 cm³/mol. The van der Waals surface area contributed by atoms with Crippen LogP contribution in [0.15, 0.2) is 40.0 Å². The molecule has 3 heterocycles. The molecule has 0 atom stereocenters. The number of nitriles is 1. The van der Waals surface area contributed by atoms with E-state index in [-0.39, 0.29) is 23.5 Å². The maximum absolute atomic E-state index is 13.3. The molecule has 1 N–H and O–H groups in total. The van der Waals surface area contributed by atoms with Crippen molar-refractivity contribution in [1.29, 1.82) is 5.26 Å². The highest BCUT2D eigenvalue weighted by Gasteiger charge is 2.33. The second kappa shape index (κ2) is 13.3. The molecule has 0 spiro atoms. The molecular formula is C30H34N4O4S2. The average Bonchev–Trinajstić information content (AvgIpc) is 3.20. The summed E-state index contributed by atoms with van der Waals surface area (Å²) in [7, 11) is 1.69. The summed E-state index contributed by atoms with van der Waals surface area (Å²) >= 11 is 6.72. The summed E-state index contributed by atoms with van der Waals surface area (Å²) in [5.74, 6) is 0.241. The predicted octanol–water partition coefficient (Wildman–Crippen LogP) is 4.87. The van der Waals surface area contributed by atoms with Gasteiger partial charge < -0.3 is 10.0 Å². The Morgan fingerprint density at radius 2 is 1.88 bits per heavy atom. The number of carboxylic acid groups (broad SMARTS) is 1. The SMILES string of the molecule is Cc1c(/C=C2/SC(=S)N(CCCCCC(=O)O)C2=O)c(N2CCC(Cc3ccccc3)CC2)n(C)c(=O)c1C#N. The van der Waals surface area contributed by atoms with Crippen LogP contribution in [-0.2, 0) is 23.1 Å². The fourth-order valence-electron chi connectivity index (χ4n) is 5.44. The lowest BCUT2D eigenvalue weighted by atomic mass is 9.90. The van der Waals surface area contributed by atoms with Crippen LogP contribution < -0.4 is 10.5 Å². The van der Waals surface area contributed by atoms with Crippen LogP contribution in [0.1, 0.15) is 60.8 Å². The lowest BCUT2D eigenvalue weighted by Crippen LogP contribution is -2.39. The molecule has 2 aliphatic rings. The van der Waals surface area contributed by atoms with Gasteiger partial charge >= 0.3 is 5.97 Å². The Hall–Kier alpha value is -3.42. The summed E-state index contributed by atoms with van der Waals surface area (Å²) in [6.07, 6.45) is 6.77. The zero-order valence-electron chi connectivity index (χ0n) is 22.9. The number of carboxylic acids is 1. The van der Waals surface area contributed by atoms with Crippen molar-refractivity contribution in [2.24, 2.45) is 13.0 Å². The summed E-state index contributed by atoms with van der Waals surface area (Å²) in [6, 6.07) is 12.5. The summed E-state index contributed by atoms with van der Waals surface area (Å²) in [6.45, 7) is 3.74. The van der Waals surface area contributed by atoms with E-state index in [1.165, 1.54) is 21.9 Å². The number of rotatable bonds is 10. The number of benzene rings is 1. The lowest BCUT2D eigenvalue weighted by Gasteiger charge is -2.36. The number of hydrogen-bond donors (Lipinski definition) is 1. The van der Waals surface area contributed by atoms with Gasteiger partial charge in [-0.3, -0.25) is 23.9 Å². The highest BCUT2D eigenvalue weighted by molar-refractivity contribution is 8.26. The molecule has 8 nitrogen and oxygen atoms in total. The molecule has 2 aromatic rings. The highest BCUT2D eigenvalue weighted by Crippen LogP contribution is 2.37. The number of aromatic nitrogens is 1. The molecule has 4 rings (SSSR count). The number of hydrogen-bond acceptors (Lipinski definition) is 7. The standard InChI is InChI=1S/C30H34N4O4S2/c1-20-23(18-25-29(38)34(30(39)40-25)14-8-4-7-11-26(35)36)27(32(2)28(37)24(20)19-31)33-15-12-22(13-16-33)17-21-9-5-3-6-10-21/h3,5-6,9-10,18,22H,4,7-8,11-17H2,1-2H3,(H,35,36)/b25-18+. The van der Waals surface area contributed by atoms with Gasteiger partial charge in [0.1, 0.15) is 21.8 Å². The van der Waals surface area contributed by atoms with Crippen molar-refractivity contribution in [3.8, 4) is 6.07 Å². The zero-order valence-corrected chi connectivity index (χ0v) is 24.5. The third kappa shape index (κ3) is 6.65. The Kier molecular flexibility index (Phi) is 9.82. The maximum Gasteiger partial charge on any atom is 0.303 e. The topological polar surface area (TPSA) is 107 Å². The quantitative estimate of drug-likeness (QED) is 0.242. The Bertz CT molecular complexity index is 1420. The van der Waals surface area contributed by atoms with E-state index in [0.29, 0.717) is 52.1 Å². The Balaban J connectivity index is 1.57. The van der Waals surface area contributed by atoms with E-state index >= 15 is 0 Å². The number of carbonyl (C=O) groups is 2. The van der Waals surface area contributed by atoms with Crippen molar-refractivity contribution < 1.29 is 14.7 Å². The third-order valence-corrected chi connectivity index (χ3v) is 9.05. The summed E-state index contributed by atoms with van der Waals surface area (Å²) < 4.78 is 2.00. The fraction of sp³-hybridized carbons (Fsp3) is 0.433. The molecule has 10 heteroatoms. The smallest absolute Gasteiger partial charge is 0.303 e. The highest BCUT2D eigenvalue weighted by atomic mass is 32.2. The first-order valence-electron chi connectivity index (χ1n) is 13.6. The van der Waals surface area contributed by atoms with Gasteiger partial charge in [0.15, 0.2) is 0 Å². The van der Waals surface area contributed by atoms with Crippen LogP contribution in [0.3, 0.4) is 0 Å². The van der Waals surface area contributed by atoms with Crippen molar-refractivity contribution >= 4 is 52.1 Å². The molecule has 0 saturated carbocycles. The Morgan fingerprint density at radius 3 is 2.52 bits per heavy atom. The molecule has 0 bridgehead atoms. The molecule has 2 fully saturated rings. The van der Waals surface area contributed by atoms with E-state index < -0.39 is 5.97 Å². The number of nitrogens with zero attached hydrogens (tertiary/aromatic N) is 4. The van der Waals surface area contributed by atoms with Gasteiger partial charge in [-0.05, 0) is 62.1 Å².